The number of carbonyl (C=O) groups is 1. The smallest absolute Gasteiger partial charge is 0.357 e. The van der Waals surface area contributed by atoms with E-state index in [1.165, 1.54) is 11.3 Å². The van der Waals surface area contributed by atoms with E-state index in [1.54, 1.807) is 19.4 Å². The van der Waals surface area contributed by atoms with Gasteiger partial charge < -0.3 is 20.5 Å². The number of aromatic nitrogens is 1. The second-order valence-corrected chi connectivity index (χ2v) is 7.14. The number of rotatable bonds is 5. The minimum Gasteiger partial charge on any atom is -0.492 e. The molecule has 130 valence electrons. The molecule has 24 heavy (non-hydrogen) atoms. The van der Waals surface area contributed by atoms with Crippen molar-refractivity contribution in [2.45, 2.75) is 33.1 Å². The number of methoxy groups -OCH3 is 1. The zero-order chi connectivity index (χ0) is 17.9. The van der Waals surface area contributed by atoms with Crippen molar-refractivity contribution in [3.05, 3.63) is 28.8 Å². The third kappa shape index (κ3) is 3.97. The highest BCUT2D eigenvalue weighted by molar-refractivity contribution is 7.14. The molecule has 6 nitrogen and oxygen atoms in total. The maximum absolute atomic E-state index is 11.7. The first-order valence-corrected chi connectivity index (χ1v) is 8.52. The molecule has 0 aliphatic heterocycles. The van der Waals surface area contributed by atoms with Gasteiger partial charge in [0, 0.05) is 5.38 Å². The monoisotopic (exact) mass is 349 g/mol. The molecule has 0 fully saturated rings. The number of carbonyl (C=O) groups excluding carboxylic acids is 1. The summed E-state index contributed by atoms with van der Waals surface area (Å²) in [6.07, 6.45) is 0. The number of thiazole rings is 1. The molecule has 0 saturated heterocycles. The van der Waals surface area contributed by atoms with Crippen LogP contribution in [0.1, 0.15) is 43.7 Å². The molecular formula is C17H23N3O3S. The highest BCUT2D eigenvalue weighted by atomic mass is 32.1. The second-order valence-electron chi connectivity index (χ2n) is 6.28. The zero-order valence-corrected chi connectivity index (χ0v) is 15.4. The van der Waals surface area contributed by atoms with E-state index in [0.717, 1.165) is 5.56 Å². The predicted molar refractivity (Wildman–Crippen MR) is 97.5 cm³/mol. The molecule has 0 saturated carbocycles. The summed E-state index contributed by atoms with van der Waals surface area (Å²) >= 11 is 1.32. The number of nitrogen functional groups attached to an aromatic ring is 1. The van der Waals surface area contributed by atoms with Crippen LogP contribution in [-0.2, 0) is 10.2 Å². The zero-order valence-electron chi connectivity index (χ0n) is 14.6. The lowest BCUT2D eigenvalue weighted by Gasteiger charge is -2.22. The van der Waals surface area contributed by atoms with Crippen LogP contribution in [0.5, 0.6) is 5.75 Å². The van der Waals surface area contributed by atoms with E-state index in [2.05, 4.69) is 31.1 Å². The highest BCUT2D eigenvalue weighted by Crippen LogP contribution is 2.38. The number of anilines is 3. The van der Waals surface area contributed by atoms with Gasteiger partial charge in [0.1, 0.15) is 0 Å². The van der Waals surface area contributed by atoms with E-state index in [9.17, 15) is 4.79 Å². The topological polar surface area (TPSA) is 86.5 Å². The molecule has 1 aromatic carbocycles. The summed E-state index contributed by atoms with van der Waals surface area (Å²) in [5.74, 6) is 0.118. The fourth-order valence-electron chi connectivity index (χ4n) is 2.15. The summed E-state index contributed by atoms with van der Waals surface area (Å²) in [6.45, 7) is 8.41. The Bertz CT molecular complexity index is 735. The van der Waals surface area contributed by atoms with Gasteiger partial charge in [0.15, 0.2) is 16.6 Å². The van der Waals surface area contributed by atoms with Crippen LogP contribution in [0.25, 0.3) is 0 Å². The summed E-state index contributed by atoms with van der Waals surface area (Å²) in [4.78, 5) is 16.0. The molecule has 0 bridgehead atoms. The summed E-state index contributed by atoms with van der Waals surface area (Å²) in [7, 11) is 1.57. The number of nitrogens with two attached hydrogens (primary N) is 1. The molecule has 2 aromatic rings. The van der Waals surface area contributed by atoms with Crippen LogP contribution in [0.4, 0.5) is 16.5 Å². The van der Waals surface area contributed by atoms with Gasteiger partial charge in [-0.25, -0.2) is 9.78 Å². The van der Waals surface area contributed by atoms with Gasteiger partial charge in [0.25, 0.3) is 0 Å². The maximum atomic E-state index is 11.7. The van der Waals surface area contributed by atoms with Gasteiger partial charge >= 0.3 is 5.97 Å². The first kappa shape index (κ1) is 18.1. The number of benzene rings is 1. The van der Waals surface area contributed by atoms with Crippen LogP contribution in [0.15, 0.2) is 17.5 Å². The summed E-state index contributed by atoms with van der Waals surface area (Å²) in [6, 6.07) is 3.90. The van der Waals surface area contributed by atoms with E-state index in [4.69, 9.17) is 15.2 Å². The van der Waals surface area contributed by atoms with Crippen LogP contribution >= 0.6 is 11.3 Å². The first-order chi connectivity index (χ1) is 11.3. The van der Waals surface area contributed by atoms with Crippen molar-refractivity contribution in [3.8, 4) is 5.75 Å². The Labute approximate surface area is 146 Å². The summed E-state index contributed by atoms with van der Waals surface area (Å²) in [5.41, 5.74) is 8.68. The van der Waals surface area contributed by atoms with Gasteiger partial charge in [0.2, 0.25) is 0 Å². The van der Waals surface area contributed by atoms with Gasteiger partial charge in [-0.1, -0.05) is 20.8 Å². The second kappa shape index (κ2) is 7.09. The minimum atomic E-state index is -0.434. The van der Waals surface area contributed by atoms with Crippen LogP contribution in [0.3, 0.4) is 0 Å². The molecule has 0 unspecified atom stereocenters. The van der Waals surface area contributed by atoms with Crippen molar-refractivity contribution >= 4 is 33.8 Å². The Morgan fingerprint density at radius 2 is 2.08 bits per heavy atom. The van der Waals surface area contributed by atoms with Crippen LogP contribution in [0, 0.1) is 0 Å². The molecular weight excluding hydrogens is 326 g/mol. The Kier molecular flexibility index (Phi) is 5.33. The third-order valence-corrected chi connectivity index (χ3v) is 4.18. The van der Waals surface area contributed by atoms with Crippen molar-refractivity contribution in [1.29, 1.82) is 0 Å². The standard InChI is InChI=1S/C17H23N3O3S/c1-6-23-15(21)13-9-24-16(20-13)19-12-8-10(17(2,3)4)7-11(18)14(12)22-5/h7-9H,6,18H2,1-5H3,(H,19,20). The number of ether oxygens (including phenoxy) is 2. The fourth-order valence-corrected chi connectivity index (χ4v) is 2.84. The number of hydrogen-bond donors (Lipinski definition) is 2. The van der Waals surface area contributed by atoms with Gasteiger partial charge in [-0.2, -0.15) is 0 Å². The van der Waals surface area contributed by atoms with Crippen molar-refractivity contribution in [2.75, 3.05) is 24.8 Å². The molecule has 1 heterocycles. The molecule has 2 rings (SSSR count). The molecule has 0 aliphatic rings. The van der Waals surface area contributed by atoms with Gasteiger partial charge in [0.05, 0.1) is 25.1 Å². The number of nitrogens with one attached hydrogen (secondary N) is 1. The quantitative estimate of drug-likeness (QED) is 0.628. The van der Waals surface area contributed by atoms with E-state index in [-0.39, 0.29) is 11.1 Å². The van der Waals surface area contributed by atoms with Crippen molar-refractivity contribution in [1.82, 2.24) is 4.98 Å². The summed E-state index contributed by atoms with van der Waals surface area (Å²) < 4.78 is 10.4. The van der Waals surface area contributed by atoms with Crippen molar-refractivity contribution in [2.24, 2.45) is 0 Å². The number of esters is 1. The van der Waals surface area contributed by atoms with E-state index in [1.807, 2.05) is 12.1 Å². The molecule has 0 radical (unpaired) electrons. The molecule has 0 aliphatic carbocycles. The van der Waals surface area contributed by atoms with Gasteiger partial charge in [-0.3, -0.25) is 0 Å². The third-order valence-electron chi connectivity index (χ3n) is 3.42. The van der Waals surface area contributed by atoms with Crippen molar-refractivity contribution < 1.29 is 14.3 Å². The average Bonchev–Trinajstić information content (AvgIpc) is 2.95. The predicted octanol–water partition coefficient (Wildman–Crippen LogP) is 3.95. The lowest BCUT2D eigenvalue weighted by molar-refractivity contribution is 0.0520. The Morgan fingerprint density at radius 3 is 2.67 bits per heavy atom. The van der Waals surface area contributed by atoms with Crippen LogP contribution < -0.4 is 15.8 Å². The van der Waals surface area contributed by atoms with E-state index < -0.39 is 5.97 Å². The lowest BCUT2D eigenvalue weighted by atomic mass is 9.86. The summed E-state index contributed by atoms with van der Waals surface area (Å²) in [5, 5.41) is 5.42. The molecule has 7 heteroatoms. The molecule has 0 spiro atoms. The fraction of sp³-hybridized carbons (Fsp3) is 0.412. The Hall–Kier alpha value is -2.28. The van der Waals surface area contributed by atoms with Crippen LogP contribution in [-0.4, -0.2) is 24.7 Å². The molecule has 1 aromatic heterocycles. The van der Waals surface area contributed by atoms with E-state index in [0.29, 0.717) is 28.9 Å². The average molecular weight is 349 g/mol. The Morgan fingerprint density at radius 1 is 1.38 bits per heavy atom. The number of nitrogens with zero attached hydrogens (tertiary/aromatic N) is 1. The van der Waals surface area contributed by atoms with Gasteiger partial charge in [-0.05, 0) is 30.0 Å². The van der Waals surface area contributed by atoms with E-state index >= 15 is 0 Å². The largest absolute Gasteiger partial charge is 0.492 e. The van der Waals surface area contributed by atoms with Crippen LogP contribution in [0.2, 0.25) is 0 Å². The SMILES string of the molecule is CCOC(=O)c1csc(Nc2cc(C(C)(C)C)cc(N)c2OC)n1. The number of hydrogen-bond acceptors (Lipinski definition) is 7. The minimum absolute atomic E-state index is 0.0597. The molecule has 0 atom stereocenters. The molecule has 3 N–H and O–H groups in total. The Balaban J connectivity index is 2.35. The van der Waals surface area contributed by atoms with Gasteiger partial charge in [-0.15, -0.1) is 11.3 Å². The normalized spacial score (nSPS) is 11.2. The maximum Gasteiger partial charge on any atom is 0.357 e. The molecule has 0 amide bonds. The lowest BCUT2D eigenvalue weighted by Crippen LogP contribution is -2.13. The highest BCUT2D eigenvalue weighted by Gasteiger charge is 2.19. The first-order valence-electron chi connectivity index (χ1n) is 7.64. The van der Waals surface area contributed by atoms with Crippen molar-refractivity contribution in [3.63, 3.8) is 0 Å².